The number of aromatic amines is 1. The van der Waals surface area contributed by atoms with Crippen molar-refractivity contribution in [2.75, 3.05) is 5.32 Å². The fourth-order valence-corrected chi connectivity index (χ4v) is 2.55. The number of aryl methyl sites for hydroxylation is 2. The van der Waals surface area contributed by atoms with Crippen LogP contribution in [0.15, 0.2) is 35.8 Å². The third kappa shape index (κ3) is 2.85. The summed E-state index contributed by atoms with van der Waals surface area (Å²) in [5, 5.41) is 5.16. The van der Waals surface area contributed by atoms with E-state index >= 15 is 0 Å². The minimum atomic E-state index is -0.235. The fourth-order valence-electron chi connectivity index (χ4n) is 2.02. The topological polar surface area (TPSA) is 70.7 Å². The summed E-state index contributed by atoms with van der Waals surface area (Å²) in [4.78, 5) is 23.9. The fraction of sp³-hybridized carbons (Fsp3) is 0.133. The van der Waals surface area contributed by atoms with Gasteiger partial charge in [0.05, 0.1) is 0 Å². The van der Waals surface area contributed by atoms with E-state index in [4.69, 9.17) is 0 Å². The highest BCUT2D eigenvalue weighted by Gasteiger charge is 2.18. The van der Waals surface area contributed by atoms with Crippen LogP contribution in [0.5, 0.6) is 0 Å². The van der Waals surface area contributed by atoms with Crippen LogP contribution < -0.4 is 5.32 Å². The van der Waals surface area contributed by atoms with Crippen molar-refractivity contribution in [3.05, 3.63) is 52.9 Å². The zero-order valence-corrected chi connectivity index (χ0v) is 12.5. The summed E-state index contributed by atoms with van der Waals surface area (Å²) in [5.74, 6) is 0.469. The quantitative estimate of drug-likeness (QED) is 0.778. The van der Waals surface area contributed by atoms with Gasteiger partial charge in [-0.2, -0.15) is 0 Å². The predicted octanol–water partition coefficient (Wildman–Crippen LogP) is 3.40. The predicted molar refractivity (Wildman–Crippen MR) is 83.6 cm³/mol. The lowest BCUT2D eigenvalue weighted by Gasteiger charge is -2.03. The molecule has 0 unspecified atom stereocenters. The number of H-pyrrole nitrogens is 1. The number of nitrogens with zero attached hydrogens (tertiary/aromatic N) is 2. The Bertz CT molecular complexity index is 760. The molecule has 2 aromatic heterocycles. The first-order chi connectivity index (χ1) is 10.1. The molecule has 2 N–H and O–H groups in total. The lowest BCUT2D eigenvalue weighted by atomic mass is 10.1. The zero-order valence-electron chi connectivity index (χ0n) is 11.7. The maximum absolute atomic E-state index is 12.4. The molecule has 0 spiro atoms. The van der Waals surface area contributed by atoms with Gasteiger partial charge in [-0.1, -0.05) is 29.8 Å². The smallest absolute Gasteiger partial charge is 0.276 e. The number of anilines is 1. The molecule has 2 heterocycles. The largest absolute Gasteiger partial charge is 0.338 e. The monoisotopic (exact) mass is 298 g/mol. The average molecular weight is 298 g/mol. The molecule has 106 valence electrons. The van der Waals surface area contributed by atoms with E-state index in [0.717, 1.165) is 5.56 Å². The lowest BCUT2D eigenvalue weighted by molar-refractivity contribution is 0.102. The molecule has 0 aliphatic heterocycles. The Morgan fingerprint density at radius 3 is 2.67 bits per heavy atom. The van der Waals surface area contributed by atoms with Crippen molar-refractivity contribution in [3.8, 4) is 11.3 Å². The first kappa shape index (κ1) is 13.5. The summed E-state index contributed by atoms with van der Waals surface area (Å²) in [5.41, 5.74) is 3.18. The highest BCUT2D eigenvalue weighted by atomic mass is 32.1. The minimum Gasteiger partial charge on any atom is -0.338 e. The molecule has 1 aromatic carbocycles. The molecular formula is C15H14N4OS. The second kappa shape index (κ2) is 5.49. The second-order valence-electron chi connectivity index (χ2n) is 4.70. The Balaban J connectivity index is 1.95. The van der Waals surface area contributed by atoms with E-state index in [2.05, 4.69) is 20.3 Å². The number of thiazole rings is 1. The number of rotatable bonds is 3. The van der Waals surface area contributed by atoms with E-state index in [1.807, 2.05) is 43.5 Å². The van der Waals surface area contributed by atoms with Gasteiger partial charge in [-0.05, 0) is 13.8 Å². The normalized spacial score (nSPS) is 10.6. The molecule has 0 atom stereocenters. The Hall–Kier alpha value is -2.47. The van der Waals surface area contributed by atoms with E-state index in [1.165, 1.54) is 16.9 Å². The van der Waals surface area contributed by atoms with E-state index in [9.17, 15) is 4.79 Å². The number of hydrogen-bond acceptors (Lipinski definition) is 4. The van der Waals surface area contributed by atoms with Crippen LogP contribution in [0.2, 0.25) is 0 Å². The van der Waals surface area contributed by atoms with Crippen LogP contribution in [0.4, 0.5) is 5.13 Å². The van der Waals surface area contributed by atoms with Crippen molar-refractivity contribution in [2.24, 2.45) is 0 Å². The number of carbonyl (C=O) groups is 1. The van der Waals surface area contributed by atoms with Crippen LogP contribution >= 0.6 is 11.3 Å². The van der Waals surface area contributed by atoms with Crippen LogP contribution in [-0.2, 0) is 0 Å². The molecule has 0 aliphatic carbocycles. The third-order valence-corrected chi connectivity index (χ3v) is 3.72. The number of benzene rings is 1. The summed E-state index contributed by atoms with van der Waals surface area (Å²) in [6, 6.07) is 7.93. The summed E-state index contributed by atoms with van der Waals surface area (Å²) < 4.78 is 0. The highest BCUT2D eigenvalue weighted by Crippen LogP contribution is 2.23. The van der Waals surface area contributed by atoms with E-state index in [0.29, 0.717) is 22.3 Å². The van der Waals surface area contributed by atoms with Crippen LogP contribution in [0, 0.1) is 13.8 Å². The summed E-state index contributed by atoms with van der Waals surface area (Å²) in [7, 11) is 0. The van der Waals surface area contributed by atoms with Crippen molar-refractivity contribution in [3.63, 3.8) is 0 Å². The molecule has 0 saturated carbocycles. The number of nitrogens with one attached hydrogen (secondary N) is 2. The van der Waals surface area contributed by atoms with Gasteiger partial charge < -0.3 is 4.98 Å². The maximum atomic E-state index is 12.4. The SMILES string of the molecule is Cc1ccc(-c2nc(C)[nH]c2C(=O)Nc2nccs2)cc1. The molecule has 1 amide bonds. The molecule has 0 bridgehead atoms. The molecule has 0 aliphatic rings. The van der Waals surface area contributed by atoms with Gasteiger partial charge in [-0.25, -0.2) is 9.97 Å². The van der Waals surface area contributed by atoms with Crippen molar-refractivity contribution >= 4 is 22.4 Å². The van der Waals surface area contributed by atoms with Gasteiger partial charge >= 0.3 is 0 Å². The van der Waals surface area contributed by atoms with Crippen LogP contribution in [0.1, 0.15) is 21.9 Å². The Kier molecular flexibility index (Phi) is 3.53. The first-order valence-corrected chi connectivity index (χ1v) is 7.36. The number of hydrogen-bond donors (Lipinski definition) is 2. The molecule has 5 nitrogen and oxygen atoms in total. The van der Waals surface area contributed by atoms with Gasteiger partial charge in [0.1, 0.15) is 17.2 Å². The summed E-state index contributed by atoms with van der Waals surface area (Å²) in [6.45, 7) is 3.85. The maximum Gasteiger partial charge on any atom is 0.276 e. The first-order valence-electron chi connectivity index (χ1n) is 6.48. The van der Waals surface area contributed by atoms with Gasteiger partial charge in [0, 0.05) is 17.1 Å². The molecule has 0 fully saturated rings. The van der Waals surface area contributed by atoms with Crippen molar-refractivity contribution in [1.82, 2.24) is 15.0 Å². The van der Waals surface area contributed by atoms with Gasteiger partial charge in [0.15, 0.2) is 5.13 Å². The molecule has 0 saturated heterocycles. The Labute approximate surface area is 126 Å². The minimum absolute atomic E-state index is 0.235. The van der Waals surface area contributed by atoms with Crippen molar-refractivity contribution < 1.29 is 4.79 Å². The van der Waals surface area contributed by atoms with E-state index in [-0.39, 0.29) is 5.91 Å². The van der Waals surface area contributed by atoms with Crippen LogP contribution in [0.3, 0.4) is 0 Å². The molecule has 3 aromatic rings. The molecule has 21 heavy (non-hydrogen) atoms. The third-order valence-electron chi connectivity index (χ3n) is 3.03. The van der Waals surface area contributed by atoms with Gasteiger partial charge in [-0.3, -0.25) is 10.1 Å². The number of amides is 1. The molecular weight excluding hydrogens is 284 g/mol. The Morgan fingerprint density at radius 1 is 1.24 bits per heavy atom. The highest BCUT2D eigenvalue weighted by molar-refractivity contribution is 7.13. The second-order valence-corrected chi connectivity index (χ2v) is 5.60. The van der Waals surface area contributed by atoms with Gasteiger partial charge in [0.2, 0.25) is 0 Å². The lowest BCUT2D eigenvalue weighted by Crippen LogP contribution is -2.13. The summed E-state index contributed by atoms with van der Waals surface area (Å²) in [6.07, 6.45) is 1.65. The van der Waals surface area contributed by atoms with Crippen molar-refractivity contribution in [2.45, 2.75) is 13.8 Å². The summed E-state index contributed by atoms with van der Waals surface area (Å²) >= 11 is 1.38. The Morgan fingerprint density at radius 2 is 2.00 bits per heavy atom. The average Bonchev–Trinajstić information content (AvgIpc) is 3.09. The molecule has 6 heteroatoms. The van der Waals surface area contributed by atoms with Crippen LogP contribution in [-0.4, -0.2) is 20.9 Å². The standard InChI is InChI=1S/C15H14N4OS/c1-9-3-5-11(6-4-9)12-13(18-10(2)17-12)14(20)19-15-16-7-8-21-15/h3-8H,1-2H3,(H,17,18)(H,16,19,20). The zero-order chi connectivity index (χ0) is 14.8. The van der Waals surface area contributed by atoms with Gasteiger partial charge in [-0.15, -0.1) is 11.3 Å². The van der Waals surface area contributed by atoms with Crippen LogP contribution in [0.25, 0.3) is 11.3 Å². The van der Waals surface area contributed by atoms with E-state index in [1.54, 1.807) is 6.20 Å². The van der Waals surface area contributed by atoms with Crippen molar-refractivity contribution in [1.29, 1.82) is 0 Å². The number of imidazole rings is 1. The number of carbonyl (C=O) groups excluding carboxylic acids is 1. The van der Waals surface area contributed by atoms with Gasteiger partial charge in [0.25, 0.3) is 5.91 Å². The van der Waals surface area contributed by atoms with E-state index < -0.39 is 0 Å². The molecule has 3 rings (SSSR count). The number of aromatic nitrogens is 3. The molecule has 0 radical (unpaired) electrons.